The molecule has 0 saturated carbocycles. The summed E-state index contributed by atoms with van der Waals surface area (Å²) in [5.74, 6) is -0.00556. The van der Waals surface area contributed by atoms with Crippen molar-refractivity contribution in [2.75, 3.05) is 6.54 Å². The Morgan fingerprint density at radius 3 is 2.58 bits per heavy atom. The summed E-state index contributed by atoms with van der Waals surface area (Å²) in [6, 6.07) is 0. The van der Waals surface area contributed by atoms with Gasteiger partial charge in [-0.05, 0) is 6.42 Å². The van der Waals surface area contributed by atoms with E-state index >= 15 is 0 Å². The van der Waals surface area contributed by atoms with Gasteiger partial charge in [0, 0.05) is 19.7 Å². The van der Waals surface area contributed by atoms with Crippen LogP contribution >= 0.6 is 0 Å². The van der Waals surface area contributed by atoms with Crippen molar-refractivity contribution >= 4 is 5.78 Å². The summed E-state index contributed by atoms with van der Waals surface area (Å²) < 4.78 is 0. The van der Waals surface area contributed by atoms with Gasteiger partial charge in [-0.3, -0.25) is 4.79 Å². The van der Waals surface area contributed by atoms with Crippen LogP contribution in [0.1, 0.15) is 33.1 Å². The molecule has 0 aromatic carbocycles. The fourth-order valence-corrected chi connectivity index (χ4v) is 0.899. The summed E-state index contributed by atoms with van der Waals surface area (Å²) in [5, 5.41) is 2.99. The average Bonchev–Trinajstić information content (AvgIpc) is 2.04. The number of ketones is 1. The standard InChI is InChI=1S/C9H18N2O/c1-3-4-5-6-11-9(7-10)8(2)12/h7,11H,3-6,10H2,1-2H3/b9-7-. The van der Waals surface area contributed by atoms with Crippen LogP contribution in [0.5, 0.6) is 0 Å². The molecule has 3 heteroatoms. The highest BCUT2D eigenvalue weighted by Gasteiger charge is 1.99. The topological polar surface area (TPSA) is 55.1 Å². The highest BCUT2D eigenvalue weighted by atomic mass is 16.1. The maximum atomic E-state index is 10.8. The largest absolute Gasteiger partial charge is 0.403 e. The smallest absolute Gasteiger partial charge is 0.177 e. The number of carbonyl (C=O) groups excluding carboxylic acids is 1. The first kappa shape index (κ1) is 11.0. The molecule has 0 atom stereocenters. The van der Waals surface area contributed by atoms with Gasteiger partial charge in [0.25, 0.3) is 0 Å². The molecule has 3 N–H and O–H groups in total. The number of hydrogen-bond donors (Lipinski definition) is 2. The van der Waals surface area contributed by atoms with Crippen LogP contribution in [0.2, 0.25) is 0 Å². The molecule has 3 nitrogen and oxygen atoms in total. The Balaban J connectivity index is 3.54. The molecule has 0 radical (unpaired) electrons. The van der Waals surface area contributed by atoms with Crippen molar-refractivity contribution in [3.8, 4) is 0 Å². The third kappa shape index (κ3) is 4.77. The number of Topliss-reactive ketones (excluding diaryl/α,β-unsaturated/α-hetero) is 1. The Labute approximate surface area is 74.0 Å². The lowest BCUT2D eigenvalue weighted by Crippen LogP contribution is -2.21. The van der Waals surface area contributed by atoms with Gasteiger partial charge in [0.1, 0.15) is 0 Å². The van der Waals surface area contributed by atoms with Gasteiger partial charge in [0.15, 0.2) is 5.78 Å². The molecule has 0 heterocycles. The Morgan fingerprint density at radius 1 is 1.50 bits per heavy atom. The molecule has 70 valence electrons. The minimum atomic E-state index is -0.00556. The third-order valence-electron chi connectivity index (χ3n) is 1.64. The summed E-state index contributed by atoms with van der Waals surface area (Å²) in [6.07, 6.45) is 4.78. The monoisotopic (exact) mass is 170 g/mol. The molecule has 0 unspecified atom stereocenters. The number of nitrogens with one attached hydrogen (secondary N) is 1. The number of hydrogen-bond acceptors (Lipinski definition) is 3. The molecule has 0 spiro atoms. The van der Waals surface area contributed by atoms with E-state index in [-0.39, 0.29) is 5.78 Å². The first-order valence-electron chi connectivity index (χ1n) is 4.39. The normalized spacial score (nSPS) is 11.3. The van der Waals surface area contributed by atoms with E-state index in [1.54, 1.807) is 0 Å². The van der Waals surface area contributed by atoms with E-state index in [1.165, 1.54) is 26.0 Å². The van der Waals surface area contributed by atoms with Crippen molar-refractivity contribution in [3.05, 3.63) is 11.9 Å². The number of rotatable bonds is 6. The van der Waals surface area contributed by atoms with Crippen LogP contribution in [0.3, 0.4) is 0 Å². The zero-order valence-corrected chi connectivity index (χ0v) is 7.89. The van der Waals surface area contributed by atoms with Gasteiger partial charge in [-0.2, -0.15) is 0 Å². The summed E-state index contributed by atoms with van der Waals surface area (Å²) in [7, 11) is 0. The Bertz CT molecular complexity index is 164. The first-order valence-corrected chi connectivity index (χ1v) is 4.39. The Hall–Kier alpha value is -0.990. The summed E-state index contributed by atoms with van der Waals surface area (Å²) >= 11 is 0. The molecule has 0 aromatic heterocycles. The lowest BCUT2D eigenvalue weighted by molar-refractivity contribution is -0.114. The van der Waals surface area contributed by atoms with E-state index in [0.717, 1.165) is 13.0 Å². The van der Waals surface area contributed by atoms with Gasteiger partial charge in [-0.25, -0.2) is 0 Å². The zero-order valence-electron chi connectivity index (χ0n) is 7.89. The van der Waals surface area contributed by atoms with E-state index in [2.05, 4.69) is 12.2 Å². The second-order valence-electron chi connectivity index (χ2n) is 2.77. The lowest BCUT2D eigenvalue weighted by Gasteiger charge is -2.05. The fraction of sp³-hybridized carbons (Fsp3) is 0.667. The Kier molecular flexibility index (Phi) is 6.15. The molecular formula is C9H18N2O. The predicted molar refractivity (Wildman–Crippen MR) is 50.5 cm³/mol. The zero-order chi connectivity index (χ0) is 9.40. The van der Waals surface area contributed by atoms with E-state index in [0.29, 0.717) is 5.70 Å². The number of allylic oxidation sites excluding steroid dienone is 1. The van der Waals surface area contributed by atoms with Gasteiger partial charge < -0.3 is 11.1 Å². The minimum Gasteiger partial charge on any atom is -0.403 e. The minimum absolute atomic E-state index is 0.00556. The third-order valence-corrected chi connectivity index (χ3v) is 1.64. The van der Waals surface area contributed by atoms with E-state index in [9.17, 15) is 4.79 Å². The fourth-order valence-electron chi connectivity index (χ4n) is 0.899. The van der Waals surface area contributed by atoms with Crippen LogP contribution < -0.4 is 11.1 Å². The van der Waals surface area contributed by atoms with Crippen LogP contribution in [0, 0.1) is 0 Å². The second-order valence-corrected chi connectivity index (χ2v) is 2.77. The SMILES string of the molecule is CCCCCN/C(=C\N)C(C)=O. The molecule has 0 aliphatic carbocycles. The van der Waals surface area contributed by atoms with Crippen LogP contribution in [0.25, 0.3) is 0 Å². The maximum Gasteiger partial charge on any atom is 0.177 e. The van der Waals surface area contributed by atoms with Gasteiger partial charge in [0.2, 0.25) is 0 Å². The van der Waals surface area contributed by atoms with Crippen molar-refractivity contribution in [2.45, 2.75) is 33.1 Å². The average molecular weight is 170 g/mol. The molecule has 12 heavy (non-hydrogen) atoms. The van der Waals surface area contributed by atoms with Crippen molar-refractivity contribution in [1.29, 1.82) is 0 Å². The van der Waals surface area contributed by atoms with Crippen molar-refractivity contribution in [1.82, 2.24) is 5.32 Å². The Morgan fingerprint density at radius 2 is 2.17 bits per heavy atom. The predicted octanol–water partition coefficient (Wildman–Crippen LogP) is 1.16. The van der Waals surface area contributed by atoms with Crippen LogP contribution in [-0.4, -0.2) is 12.3 Å². The molecular weight excluding hydrogens is 152 g/mol. The van der Waals surface area contributed by atoms with Crippen LogP contribution in [0.15, 0.2) is 11.9 Å². The summed E-state index contributed by atoms with van der Waals surface area (Å²) in [4.78, 5) is 10.8. The highest BCUT2D eigenvalue weighted by molar-refractivity contribution is 5.92. The molecule has 0 aliphatic rings. The number of unbranched alkanes of at least 4 members (excludes halogenated alkanes) is 2. The van der Waals surface area contributed by atoms with E-state index < -0.39 is 0 Å². The highest BCUT2D eigenvalue weighted by Crippen LogP contribution is 1.94. The summed E-state index contributed by atoms with van der Waals surface area (Å²) in [5.41, 5.74) is 5.76. The van der Waals surface area contributed by atoms with Gasteiger partial charge in [-0.15, -0.1) is 0 Å². The van der Waals surface area contributed by atoms with E-state index in [1.807, 2.05) is 0 Å². The molecule has 0 aliphatic heterocycles. The van der Waals surface area contributed by atoms with Crippen molar-refractivity contribution in [3.63, 3.8) is 0 Å². The lowest BCUT2D eigenvalue weighted by atomic mass is 10.2. The van der Waals surface area contributed by atoms with Crippen LogP contribution in [-0.2, 0) is 4.79 Å². The number of carbonyl (C=O) groups is 1. The molecule has 0 fully saturated rings. The number of nitrogens with two attached hydrogens (primary N) is 1. The molecule has 0 rings (SSSR count). The first-order chi connectivity index (χ1) is 5.72. The van der Waals surface area contributed by atoms with E-state index in [4.69, 9.17) is 5.73 Å². The quantitative estimate of drug-likeness (QED) is 0.464. The molecule has 0 bridgehead atoms. The molecule has 0 amide bonds. The van der Waals surface area contributed by atoms with Crippen LogP contribution in [0.4, 0.5) is 0 Å². The van der Waals surface area contributed by atoms with Crippen molar-refractivity contribution in [2.24, 2.45) is 5.73 Å². The molecule has 0 aromatic rings. The summed E-state index contributed by atoms with van der Waals surface area (Å²) in [6.45, 7) is 4.48. The second kappa shape index (κ2) is 6.70. The van der Waals surface area contributed by atoms with Gasteiger partial charge in [-0.1, -0.05) is 19.8 Å². The molecule has 0 saturated heterocycles. The van der Waals surface area contributed by atoms with Gasteiger partial charge in [0.05, 0.1) is 5.70 Å². The van der Waals surface area contributed by atoms with Gasteiger partial charge >= 0.3 is 0 Å². The van der Waals surface area contributed by atoms with Crippen molar-refractivity contribution < 1.29 is 4.79 Å². The maximum absolute atomic E-state index is 10.8.